The van der Waals surface area contributed by atoms with Crippen LogP contribution in [0.25, 0.3) is 10.9 Å². The van der Waals surface area contributed by atoms with E-state index in [4.69, 9.17) is 9.47 Å². The molecular weight excluding hydrogens is 419 g/mol. The summed E-state index contributed by atoms with van der Waals surface area (Å²) in [6.45, 7) is 5.07. The Morgan fingerprint density at radius 1 is 1.25 bits per heavy atom. The van der Waals surface area contributed by atoms with Gasteiger partial charge < -0.3 is 25.2 Å². The highest BCUT2D eigenvalue weighted by molar-refractivity contribution is 5.81. The molecular formula is C22H29FN4O5. The predicted molar refractivity (Wildman–Crippen MR) is 114 cm³/mol. The number of carbonyl (C=O) groups is 2. The van der Waals surface area contributed by atoms with Crippen molar-refractivity contribution in [2.75, 3.05) is 6.61 Å². The fourth-order valence-electron chi connectivity index (χ4n) is 4.72. The van der Waals surface area contributed by atoms with E-state index < -0.39 is 34.7 Å². The topological polar surface area (TPSA) is 126 Å². The third kappa shape index (κ3) is 4.50. The molecule has 1 aromatic heterocycles. The Bertz CT molecular complexity index is 1020. The molecule has 3 aliphatic rings. The zero-order valence-corrected chi connectivity index (χ0v) is 18.5. The van der Waals surface area contributed by atoms with Gasteiger partial charge in [-0.1, -0.05) is 0 Å². The van der Waals surface area contributed by atoms with E-state index in [0.29, 0.717) is 43.0 Å². The van der Waals surface area contributed by atoms with Gasteiger partial charge in [0, 0.05) is 17.7 Å². The van der Waals surface area contributed by atoms with Crippen LogP contribution >= 0.6 is 0 Å². The highest BCUT2D eigenvalue weighted by Gasteiger charge is 2.55. The number of hydrogen-bond donors (Lipinski definition) is 4. The molecule has 2 aromatic rings. The molecule has 1 aromatic carbocycles. The highest BCUT2D eigenvalue weighted by Crippen LogP contribution is 2.47. The van der Waals surface area contributed by atoms with Crippen LogP contribution in [-0.4, -0.2) is 56.7 Å². The lowest BCUT2D eigenvalue weighted by atomic mass is 9.60. The SMILES string of the molecule is CC(C)(C)OC(=O)NC12CCC(NC(=O)COc3cc(F)c4cn[nH]c4c3)(CC1)C[C@H]2O. The molecule has 3 fully saturated rings. The average Bonchev–Trinajstić information content (AvgIpc) is 3.15. The first-order valence-corrected chi connectivity index (χ1v) is 10.7. The van der Waals surface area contributed by atoms with E-state index >= 15 is 0 Å². The molecule has 1 atom stereocenters. The lowest BCUT2D eigenvalue weighted by molar-refractivity contribution is -0.129. The second-order valence-corrected chi connectivity index (χ2v) is 9.86. The number of nitrogens with zero attached hydrogens (tertiary/aromatic N) is 1. The lowest BCUT2D eigenvalue weighted by Gasteiger charge is -2.56. The van der Waals surface area contributed by atoms with Crippen LogP contribution < -0.4 is 15.4 Å². The maximum absolute atomic E-state index is 14.1. The van der Waals surface area contributed by atoms with E-state index in [1.165, 1.54) is 12.3 Å². The molecule has 174 valence electrons. The molecule has 5 rings (SSSR count). The minimum atomic E-state index is -0.810. The van der Waals surface area contributed by atoms with Crippen LogP contribution in [0.4, 0.5) is 9.18 Å². The Morgan fingerprint density at radius 2 is 1.97 bits per heavy atom. The number of benzene rings is 1. The molecule has 3 aliphatic carbocycles. The average molecular weight is 448 g/mol. The minimum Gasteiger partial charge on any atom is -0.484 e. The Morgan fingerprint density at radius 3 is 2.62 bits per heavy atom. The summed E-state index contributed by atoms with van der Waals surface area (Å²) in [4.78, 5) is 24.8. The summed E-state index contributed by atoms with van der Waals surface area (Å²) >= 11 is 0. The molecule has 2 bridgehead atoms. The zero-order chi connectivity index (χ0) is 23.1. The largest absolute Gasteiger partial charge is 0.484 e. The van der Waals surface area contributed by atoms with Gasteiger partial charge in [-0.25, -0.2) is 9.18 Å². The van der Waals surface area contributed by atoms with E-state index in [-0.39, 0.29) is 18.3 Å². The van der Waals surface area contributed by atoms with Gasteiger partial charge in [-0.2, -0.15) is 5.10 Å². The van der Waals surface area contributed by atoms with Crippen molar-refractivity contribution in [1.29, 1.82) is 0 Å². The van der Waals surface area contributed by atoms with Crippen LogP contribution in [0.5, 0.6) is 5.75 Å². The normalized spacial score (nSPS) is 27.2. The monoisotopic (exact) mass is 448 g/mol. The quantitative estimate of drug-likeness (QED) is 0.557. The van der Waals surface area contributed by atoms with Gasteiger partial charge in [0.1, 0.15) is 17.2 Å². The van der Waals surface area contributed by atoms with Crippen molar-refractivity contribution in [2.45, 2.75) is 75.7 Å². The van der Waals surface area contributed by atoms with Crippen LogP contribution in [-0.2, 0) is 9.53 Å². The van der Waals surface area contributed by atoms with Gasteiger partial charge >= 0.3 is 6.09 Å². The number of halogens is 1. The Labute approximate surface area is 185 Å². The van der Waals surface area contributed by atoms with E-state index in [1.807, 2.05) is 0 Å². The number of fused-ring (bicyclic) bond motifs is 4. The maximum atomic E-state index is 14.1. The molecule has 0 radical (unpaired) electrons. The van der Waals surface area contributed by atoms with Crippen LogP contribution in [0.1, 0.15) is 52.9 Å². The highest BCUT2D eigenvalue weighted by atomic mass is 19.1. The Balaban J connectivity index is 1.33. The van der Waals surface area contributed by atoms with Crippen molar-refractivity contribution in [3.05, 3.63) is 24.1 Å². The first-order valence-electron chi connectivity index (χ1n) is 10.7. The van der Waals surface area contributed by atoms with E-state index in [2.05, 4.69) is 20.8 Å². The van der Waals surface area contributed by atoms with Crippen molar-refractivity contribution >= 4 is 22.9 Å². The molecule has 1 heterocycles. The fraction of sp³-hybridized carbons (Fsp3) is 0.591. The number of alkyl carbamates (subject to hydrolysis) is 1. The summed E-state index contributed by atoms with van der Waals surface area (Å²) in [6.07, 6.45) is 2.62. The summed E-state index contributed by atoms with van der Waals surface area (Å²) in [5.74, 6) is -0.613. The summed E-state index contributed by atoms with van der Waals surface area (Å²) < 4.78 is 24.9. The van der Waals surface area contributed by atoms with Crippen molar-refractivity contribution in [1.82, 2.24) is 20.8 Å². The number of ether oxygens (including phenoxy) is 2. The lowest BCUT2D eigenvalue weighted by Crippen LogP contribution is -2.70. The number of H-pyrrole nitrogens is 1. The Kier molecular flexibility index (Phi) is 5.52. The third-order valence-corrected chi connectivity index (χ3v) is 6.33. The molecule has 3 saturated carbocycles. The summed E-state index contributed by atoms with van der Waals surface area (Å²) in [5.41, 5.74) is -1.45. The van der Waals surface area contributed by atoms with E-state index in [0.717, 1.165) is 0 Å². The number of amides is 2. The van der Waals surface area contributed by atoms with Gasteiger partial charge in [0.05, 0.1) is 28.7 Å². The molecule has 9 nitrogen and oxygen atoms in total. The molecule has 0 aliphatic heterocycles. The number of aliphatic hydroxyl groups excluding tert-OH is 1. The van der Waals surface area contributed by atoms with Gasteiger partial charge in [0.2, 0.25) is 0 Å². The number of nitrogens with one attached hydrogen (secondary N) is 3. The van der Waals surface area contributed by atoms with Gasteiger partial charge in [-0.05, 0) is 52.9 Å². The number of rotatable bonds is 5. The number of aromatic amines is 1. The van der Waals surface area contributed by atoms with Crippen LogP contribution in [0.15, 0.2) is 18.3 Å². The second kappa shape index (κ2) is 7.91. The number of aliphatic hydroxyl groups is 1. The van der Waals surface area contributed by atoms with Crippen molar-refractivity contribution in [3.8, 4) is 5.75 Å². The maximum Gasteiger partial charge on any atom is 0.408 e. The Hall–Kier alpha value is -2.88. The fourth-order valence-corrected chi connectivity index (χ4v) is 4.72. The number of hydrogen-bond acceptors (Lipinski definition) is 6. The predicted octanol–water partition coefficient (Wildman–Crippen LogP) is 2.54. The zero-order valence-electron chi connectivity index (χ0n) is 18.5. The second-order valence-electron chi connectivity index (χ2n) is 9.86. The smallest absolute Gasteiger partial charge is 0.408 e. The van der Waals surface area contributed by atoms with Crippen LogP contribution in [0.3, 0.4) is 0 Å². The molecule has 0 spiro atoms. The third-order valence-electron chi connectivity index (χ3n) is 6.33. The van der Waals surface area contributed by atoms with Crippen LogP contribution in [0, 0.1) is 5.82 Å². The standard InChI is InChI=1S/C22H29FN4O5/c1-20(2,3)32-19(30)26-22-6-4-21(5-7-22,10-17(22)28)25-18(29)12-31-13-8-15(23)14-11-24-27-16(14)9-13/h8-9,11,17,28H,4-7,10,12H2,1-3H3,(H,24,27)(H,25,29)(H,26,30)/t17-,21?,22?/m1/s1. The van der Waals surface area contributed by atoms with Gasteiger partial charge in [-0.15, -0.1) is 0 Å². The van der Waals surface area contributed by atoms with Gasteiger partial charge in [0.25, 0.3) is 5.91 Å². The van der Waals surface area contributed by atoms with Gasteiger partial charge in [-0.3, -0.25) is 9.89 Å². The van der Waals surface area contributed by atoms with E-state index in [1.54, 1.807) is 26.8 Å². The first-order chi connectivity index (χ1) is 15.0. The van der Waals surface area contributed by atoms with Crippen LogP contribution in [0.2, 0.25) is 0 Å². The molecule has 0 unspecified atom stereocenters. The summed E-state index contributed by atoms with van der Waals surface area (Å²) in [5, 5.41) is 23.5. The summed E-state index contributed by atoms with van der Waals surface area (Å²) in [6, 6.07) is 2.80. The van der Waals surface area contributed by atoms with Crippen molar-refractivity contribution in [3.63, 3.8) is 0 Å². The van der Waals surface area contributed by atoms with Crippen molar-refractivity contribution in [2.24, 2.45) is 0 Å². The molecule has 4 N–H and O–H groups in total. The number of carbonyl (C=O) groups excluding carboxylic acids is 2. The molecule has 0 saturated heterocycles. The van der Waals surface area contributed by atoms with E-state index in [9.17, 15) is 19.1 Å². The number of aromatic nitrogens is 2. The molecule has 32 heavy (non-hydrogen) atoms. The molecule has 2 amide bonds. The minimum absolute atomic E-state index is 0.222. The molecule has 10 heteroatoms. The van der Waals surface area contributed by atoms with Gasteiger partial charge in [0.15, 0.2) is 6.61 Å². The summed E-state index contributed by atoms with van der Waals surface area (Å²) in [7, 11) is 0. The first kappa shape index (κ1) is 22.3. The van der Waals surface area contributed by atoms with Crippen molar-refractivity contribution < 1.29 is 28.6 Å².